The molecular weight excluding hydrogens is 202 g/mol. The monoisotopic (exact) mass is 217 g/mol. The zero-order valence-electron chi connectivity index (χ0n) is 9.36. The van der Waals surface area contributed by atoms with E-state index in [2.05, 4.69) is 16.4 Å². The average molecular weight is 217 g/mol. The molecule has 0 saturated carbocycles. The number of pyridine rings is 1. The first-order valence-electron chi connectivity index (χ1n) is 5.51. The zero-order valence-corrected chi connectivity index (χ0v) is 9.36. The van der Waals surface area contributed by atoms with Crippen LogP contribution in [0.5, 0.6) is 5.88 Å². The second-order valence-corrected chi connectivity index (χ2v) is 3.93. The van der Waals surface area contributed by atoms with Crippen molar-refractivity contribution in [2.45, 2.75) is 18.8 Å². The summed E-state index contributed by atoms with van der Waals surface area (Å²) in [6.07, 6.45) is 2.20. The van der Waals surface area contributed by atoms with Crippen molar-refractivity contribution in [3.63, 3.8) is 0 Å². The second kappa shape index (κ2) is 4.95. The fourth-order valence-corrected chi connectivity index (χ4v) is 2.04. The van der Waals surface area contributed by atoms with E-state index in [0.29, 0.717) is 17.4 Å². The van der Waals surface area contributed by atoms with E-state index in [1.807, 2.05) is 6.07 Å². The summed E-state index contributed by atoms with van der Waals surface area (Å²) >= 11 is 0. The molecule has 4 heteroatoms. The Labute approximate surface area is 95.3 Å². The van der Waals surface area contributed by atoms with Crippen LogP contribution in [-0.2, 0) is 0 Å². The van der Waals surface area contributed by atoms with Gasteiger partial charge in [-0.1, -0.05) is 0 Å². The van der Waals surface area contributed by atoms with Crippen LogP contribution in [0.25, 0.3) is 0 Å². The van der Waals surface area contributed by atoms with Crippen molar-refractivity contribution in [1.29, 1.82) is 5.26 Å². The SMILES string of the molecule is COc1nc(C2CCNCC2)ccc1C#N. The third kappa shape index (κ3) is 2.15. The Morgan fingerprint density at radius 1 is 1.44 bits per heavy atom. The van der Waals surface area contributed by atoms with Gasteiger partial charge in [-0.3, -0.25) is 0 Å². The summed E-state index contributed by atoms with van der Waals surface area (Å²) in [5.41, 5.74) is 1.54. The number of nitrogens with zero attached hydrogens (tertiary/aromatic N) is 2. The van der Waals surface area contributed by atoms with Gasteiger partial charge in [-0.25, -0.2) is 4.98 Å². The van der Waals surface area contributed by atoms with Crippen molar-refractivity contribution < 1.29 is 4.74 Å². The molecule has 0 radical (unpaired) electrons. The normalized spacial score (nSPS) is 16.8. The van der Waals surface area contributed by atoms with Crippen LogP contribution in [0.15, 0.2) is 12.1 Å². The first-order chi connectivity index (χ1) is 7.85. The summed E-state index contributed by atoms with van der Waals surface area (Å²) in [7, 11) is 1.55. The number of hydrogen-bond donors (Lipinski definition) is 1. The number of rotatable bonds is 2. The average Bonchev–Trinajstić information content (AvgIpc) is 2.39. The molecule has 1 aliphatic rings. The predicted octanol–water partition coefficient (Wildman–Crippen LogP) is 1.43. The van der Waals surface area contributed by atoms with Crippen molar-refractivity contribution in [1.82, 2.24) is 10.3 Å². The fraction of sp³-hybridized carbons (Fsp3) is 0.500. The van der Waals surface area contributed by atoms with Gasteiger partial charge in [0.2, 0.25) is 5.88 Å². The van der Waals surface area contributed by atoms with E-state index in [0.717, 1.165) is 31.6 Å². The number of hydrogen-bond acceptors (Lipinski definition) is 4. The van der Waals surface area contributed by atoms with Gasteiger partial charge in [0.05, 0.1) is 7.11 Å². The zero-order chi connectivity index (χ0) is 11.4. The third-order valence-electron chi connectivity index (χ3n) is 2.95. The Balaban J connectivity index is 2.25. The highest BCUT2D eigenvalue weighted by Gasteiger charge is 2.17. The maximum absolute atomic E-state index is 8.87. The van der Waals surface area contributed by atoms with Gasteiger partial charge in [0.1, 0.15) is 11.6 Å². The molecule has 1 aliphatic heterocycles. The Morgan fingerprint density at radius 3 is 2.81 bits per heavy atom. The highest BCUT2D eigenvalue weighted by Crippen LogP contribution is 2.26. The van der Waals surface area contributed by atoms with Gasteiger partial charge in [-0.2, -0.15) is 5.26 Å². The fourth-order valence-electron chi connectivity index (χ4n) is 2.04. The molecule has 0 bridgehead atoms. The lowest BCUT2D eigenvalue weighted by atomic mass is 9.94. The Bertz CT molecular complexity index is 405. The highest BCUT2D eigenvalue weighted by molar-refractivity contribution is 5.39. The quantitative estimate of drug-likeness (QED) is 0.814. The van der Waals surface area contributed by atoms with Crippen molar-refractivity contribution in [2.24, 2.45) is 0 Å². The van der Waals surface area contributed by atoms with Gasteiger partial charge in [0.15, 0.2) is 0 Å². The minimum atomic E-state index is 0.443. The molecule has 2 rings (SSSR count). The molecule has 4 nitrogen and oxygen atoms in total. The number of piperidine rings is 1. The van der Waals surface area contributed by atoms with Crippen LogP contribution in [0, 0.1) is 11.3 Å². The van der Waals surface area contributed by atoms with Crippen LogP contribution >= 0.6 is 0 Å². The molecule has 2 heterocycles. The van der Waals surface area contributed by atoms with Crippen LogP contribution in [0.4, 0.5) is 0 Å². The van der Waals surface area contributed by atoms with E-state index in [1.165, 1.54) is 0 Å². The topological polar surface area (TPSA) is 57.9 Å². The van der Waals surface area contributed by atoms with Gasteiger partial charge in [0.25, 0.3) is 0 Å². The predicted molar refractivity (Wildman–Crippen MR) is 60.3 cm³/mol. The highest BCUT2D eigenvalue weighted by atomic mass is 16.5. The van der Waals surface area contributed by atoms with Crippen LogP contribution in [0.2, 0.25) is 0 Å². The molecule has 0 unspecified atom stereocenters. The van der Waals surface area contributed by atoms with Gasteiger partial charge in [-0.15, -0.1) is 0 Å². The van der Waals surface area contributed by atoms with E-state index in [1.54, 1.807) is 13.2 Å². The van der Waals surface area contributed by atoms with Crippen LogP contribution in [-0.4, -0.2) is 25.2 Å². The van der Waals surface area contributed by atoms with Crippen LogP contribution in [0.1, 0.15) is 30.0 Å². The van der Waals surface area contributed by atoms with Gasteiger partial charge in [0, 0.05) is 11.6 Å². The lowest BCUT2D eigenvalue weighted by molar-refractivity contribution is 0.388. The summed E-state index contributed by atoms with van der Waals surface area (Å²) in [6, 6.07) is 5.81. The van der Waals surface area contributed by atoms with Crippen molar-refractivity contribution in [3.05, 3.63) is 23.4 Å². The molecule has 1 aromatic heterocycles. The van der Waals surface area contributed by atoms with Gasteiger partial charge in [-0.05, 0) is 38.1 Å². The lowest BCUT2D eigenvalue weighted by Crippen LogP contribution is -2.27. The molecule has 16 heavy (non-hydrogen) atoms. The number of aromatic nitrogens is 1. The molecule has 1 fully saturated rings. The molecule has 0 spiro atoms. The number of nitriles is 1. The minimum absolute atomic E-state index is 0.443. The van der Waals surface area contributed by atoms with Crippen LogP contribution < -0.4 is 10.1 Å². The standard InChI is InChI=1S/C12H15N3O/c1-16-12-10(8-13)2-3-11(15-12)9-4-6-14-7-5-9/h2-3,9,14H,4-7H2,1H3. The van der Waals surface area contributed by atoms with Gasteiger partial charge >= 0.3 is 0 Å². The molecular formula is C12H15N3O. The smallest absolute Gasteiger partial charge is 0.231 e. The molecule has 0 atom stereocenters. The van der Waals surface area contributed by atoms with Crippen molar-refractivity contribution >= 4 is 0 Å². The summed E-state index contributed by atoms with van der Waals surface area (Å²) in [5, 5.41) is 12.2. The molecule has 0 aliphatic carbocycles. The van der Waals surface area contributed by atoms with Gasteiger partial charge < -0.3 is 10.1 Å². The van der Waals surface area contributed by atoms with E-state index >= 15 is 0 Å². The minimum Gasteiger partial charge on any atom is -0.480 e. The van der Waals surface area contributed by atoms with Crippen LogP contribution in [0.3, 0.4) is 0 Å². The maximum atomic E-state index is 8.87. The van der Waals surface area contributed by atoms with Crippen molar-refractivity contribution in [2.75, 3.05) is 20.2 Å². The largest absolute Gasteiger partial charge is 0.480 e. The molecule has 0 amide bonds. The summed E-state index contributed by atoms with van der Waals surface area (Å²) < 4.78 is 5.12. The lowest BCUT2D eigenvalue weighted by Gasteiger charge is -2.22. The summed E-state index contributed by atoms with van der Waals surface area (Å²) in [6.45, 7) is 2.07. The second-order valence-electron chi connectivity index (χ2n) is 3.93. The number of methoxy groups -OCH3 is 1. The maximum Gasteiger partial charge on any atom is 0.231 e. The number of ether oxygens (including phenoxy) is 1. The van der Waals surface area contributed by atoms with E-state index in [-0.39, 0.29) is 0 Å². The molecule has 84 valence electrons. The number of nitrogens with one attached hydrogen (secondary N) is 1. The molecule has 1 saturated heterocycles. The Hall–Kier alpha value is -1.60. The Morgan fingerprint density at radius 2 is 2.19 bits per heavy atom. The van der Waals surface area contributed by atoms with E-state index in [9.17, 15) is 0 Å². The molecule has 1 aromatic rings. The Kier molecular flexibility index (Phi) is 3.37. The van der Waals surface area contributed by atoms with E-state index < -0.39 is 0 Å². The van der Waals surface area contributed by atoms with E-state index in [4.69, 9.17) is 10.00 Å². The summed E-state index contributed by atoms with van der Waals surface area (Å²) in [5.74, 6) is 0.932. The summed E-state index contributed by atoms with van der Waals surface area (Å²) in [4.78, 5) is 4.41. The molecule has 1 N–H and O–H groups in total. The van der Waals surface area contributed by atoms with Crippen molar-refractivity contribution in [3.8, 4) is 11.9 Å². The molecule has 0 aromatic carbocycles. The first-order valence-corrected chi connectivity index (χ1v) is 5.51. The third-order valence-corrected chi connectivity index (χ3v) is 2.95. The first kappa shape index (κ1) is 10.9.